The standard InChI is InChI=1S/C23H38N4O5.C15H18N2O4.C2H6/c24-9-1-13-30-15-17-32-18-16-31-14-2-10-25-22-7-11-27(12-8-22)23(29)20-3-5-21(6-4-20)26-19-28;1-16-14(20)8-7-12(10-19)17(2)15(21)13-6-4-3-5-11(13)9-18;1-2/h3-6,19,22,25H,1-2,7-18,24H2,(H,26,28);3-6,9-10,12H,7-8H2,1-2H3,(H,16,20);1-2H3. The molecule has 3 rings (SSSR count). The summed E-state index contributed by atoms with van der Waals surface area (Å²) in [6.07, 6.45) is 5.94. The highest BCUT2D eigenvalue weighted by Gasteiger charge is 2.24. The minimum absolute atomic E-state index is 0.0406. The van der Waals surface area contributed by atoms with E-state index in [1.807, 2.05) is 18.7 Å². The molecule has 4 amide bonds. The first-order valence-corrected chi connectivity index (χ1v) is 19.0. The lowest BCUT2D eigenvalue weighted by Crippen LogP contribution is -2.45. The van der Waals surface area contributed by atoms with Gasteiger partial charge in [-0.3, -0.25) is 24.0 Å². The summed E-state index contributed by atoms with van der Waals surface area (Å²) in [6, 6.07) is 13.1. The molecule has 1 fully saturated rings. The number of nitrogens with one attached hydrogen (secondary N) is 3. The van der Waals surface area contributed by atoms with Gasteiger partial charge in [0.05, 0.1) is 38.0 Å². The molecular weight excluding hydrogens is 708 g/mol. The highest BCUT2D eigenvalue weighted by Crippen LogP contribution is 2.16. The Balaban J connectivity index is 0.000000570. The van der Waals surface area contributed by atoms with Crippen LogP contribution in [0, 0.1) is 0 Å². The average molecular weight is 771 g/mol. The fourth-order valence-electron chi connectivity index (χ4n) is 5.35. The number of anilines is 1. The van der Waals surface area contributed by atoms with Crippen molar-refractivity contribution < 1.29 is 43.0 Å². The fourth-order valence-corrected chi connectivity index (χ4v) is 5.35. The maximum absolute atomic E-state index is 12.6. The third-order valence-corrected chi connectivity index (χ3v) is 8.51. The van der Waals surface area contributed by atoms with Gasteiger partial charge in [-0.25, -0.2) is 0 Å². The summed E-state index contributed by atoms with van der Waals surface area (Å²) in [4.78, 5) is 71.9. The summed E-state index contributed by atoms with van der Waals surface area (Å²) in [5, 5.41) is 8.59. The van der Waals surface area contributed by atoms with Gasteiger partial charge in [0.2, 0.25) is 12.3 Å². The second kappa shape index (κ2) is 30.7. The lowest BCUT2D eigenvalue weighted by molar-refractivity contribution is -0.121. The van der Waals surface area contributed by atoms with Crippen molar-refractivity contribution in [2.45, 2.75) is 64.5 Å². The van der Waals surface area contributed by atoms with Crippen LogP contribution in [0.25, 0.3) is 0 Å². The summed E-state index contributed by atoms with van der Waals surface area (Å²) in [5.74, 6) is -0.582. The van der Waals surface area contributed by atoms with Gasteiger partial charge in [0, 0.05) is 69.7 Å². The lowest BCUT2D eigenvalue weighted by Gasteiger charge is -2.32. The summed E-state index contributed by atoms with van der Waals surface area (Å²) in [7, 11) is 2.99. The van der Waals surface area contributed by atoms with Crippen molar-refractivity contribution in [3.05, 3.63) is 65.2 Å². The Kier molecular flexibility index (Phi) is 27.1. The number of nitrogens with two attached hydrogens (primary N) is 1. The molecule has 1 atom stereocenters. The van der Waals surface area contributed by atoms with E-state index >= 15 is 0 Å². The van der Waals surface area contributed by atoms with E-state index in [0.29, 0.717) is 82.5 Å². The molecule has 15 nitrogen and oxygen atoms in total. The smallest absolute Gasteiger partial charge is 0.254 e. The van der Waals surface area contributed by atoms with Crippen molar-refractivity contribution in [3.8, 4) is 0 Å². The van der Waals surface area contributed by atoms with Crippen LogP contribution >= 0.6 is 0 Å². The van der Waals surface area contributed by atoms with Gasteiger partial charge in [-0.2, -0.15) is 0 Å². The van der Waals surface area contributed by atoms with Crippen molar-refractivity contribution in [1.29, 1.82) is 0 Å². The molecule has 0 aliphatic carbocycles. The minimum Gasteiger partial charge on any atom is -0.379 e. The molecule has 306 valence electrons. The summed E-state index contributed by atoms with van der Waals surface area (Å²) >= 11 is 0. The highest BCUT2D eigenvalue weighted by atomic mass is 16.5. The van der Waals surface area contributed by atoms with Crippen LogP contribution in [0.2, 0.25) is 0 Å². The average Bonchev–Trinajstić information content (AvgIpc) is 3.23. The van der Waals surface area contributed by atoms with Crippen molar-refractivity contribution >= 4 is 42.4 Å². The molecule has 0 radical (unpaired) electrons. The summed E-state index contributed by atoms with van der Waals surface area (Å²) in [5.41, 5.74) is 7.23. The van der Waals surface area contributed by atoms with Gasteiger partial charge in [0.15, 0.2) is 6.29 Å². The molecule has 0 aromatic heterocycles. The Morgan fingerprint density at radius 3 is 2.05 bits per heavy atom. The number of ether oxygens (including phenoxy) is 3. The number of carbonyl (C=O) groups excluding carboxylic acids is 6. The van der Waals surface area contributed by atoms with E-state index < -0.39 is 11.9 Å². The Morgan fingerprint density at radius 1 is 0.891 bits per heavy atom. The number of hydrogen-bond acceptors (Lipinski definition) is 11. The quantitative estimate of drug-likeness (QED) is 0.0905. The zero-order valence-electron chi connectivity index (χ0n) is 33.0. The van der Waals surface area contributed by atoms with Crippen molar-refractivity contribution in [2.75, 3.05) is 85.2 Å². The van der Waals surface area contributed by atoms with E-state index in [4.69, 9.17) is 19.9 Å². The molecule has 2 aromatic rings. The summed E-state index contributed by atoms with van der Waals surface area (Å²) in [6.45, 7) is 10.8. The first-order chi connectivity index (χ1) is 26.8. The number of nitrogens with zero attached hydrogens (tertiary/aromatic N) is 2. The number of hydrogen-bond donors (Lipinski definition) is 4. The van der Waals surface area contributed by atoms with E-state index in [1.54, 1.807) is 36.4 Å². The number of likely N-dealkylation sites (N-methyl/N-ethyl adjacent to an activating group) is 1. The molecule has 0 spiro atoms. The molecule has 5 N–H and O–H groups in total. The van der Waals surface area contributed by atoms with E-state index in [1.165, 1.54) is 31.1 Å². The van der Waals surface area contributed by atoms with Crippen molar-refractivity contribution in [2.24, 2.45) is 5.73 Å². The van der Waals surface area contributed by atoms with Gasteiger partial charge < -0.3 is 50.5 Å². The zero-order valence-corrected chi connectivity index (χ0v) is 33.0. The van der Waals surface area contributed by atoms with Crippen LogP contribution in [-0.4, -0.2) is 139 Å². The molecule has 2 aromatic carbocycles. The number of carbonyl (C=O) groups is 6. The largest absolute Gasteiger partial charge is 0.379 e. The molecule has 0 saturated carbocycles. The Morgan fingerprint density at radius 2 is 1.49 bits per heavy atom. The fraction of sp³-hybridized carbons (Fsp3) is 0.550. The van der Waals surface area contributed by atoms with Crippen LogP contribution in [0.15, 0.2) is 48.5 Å². The van der Waals surface area contributed by atoms with E-state index in [-0.39, 0.29) is 35.8 Å². The van der Waals surface area contributed by atoms with Crippen LogP contribution in [0.3, 0.4) is 0 Å². The predicted octanol–water partition coefficient (Wildman–Crippen LogP) is 2.93. The van der Waals surface area contributed by atoms with Gasteiger partial charge in [0.1, 0.15) is 6.29 Å². The number of rotatable bonds is 24. The second-order valence-electron chi connectivity index (χ2n) is 12.2. The van der Waals surface area contributed by atoms with Gasteiger partial charge >= 0.3 is 0 Å². The van der Waals surface area contributed by atoms with Crippen molar-refractivity contribution in [1.82, 2.24) is 20.4 Å². The monoisotopic (exact) mass is 770 g/mol. The molecule has 1 aliphatic rings. The molecule has 1 unspecified atom stereocenters. The molecule has 1 heterocycles. The van der Waals surface area contributed by atoms with Gasteiger partial charge in [0.25, 0.3) is 11.8 Å². The van der Waals surface area contributed by atoms with E-state index in [0.717, 1.165) is 45.3 Å². The Hall–Kier alpha value is -4.54. The number of likely N-dealkylation sites (tertiary alicyclic amines) is 1. The molecule has 1 saturated heterocycles. The third-order valence-electron chi connectivity index (χ3n) is 8.51. The summed E-state index contributed by atoms with van der Waals surface area (Å²) < 4.78 is 16.4. The van der Waals surface area contributed by atoms with Crippen LogP contribution in [-0.2, 0) is 28.6 Å². The molecule has 1 aliphatic heterocycles. The van der Waals surface area contributed by atoms with Gasteiger partial charge in [-0.05, 0) is 75.5 Å². The highest BCUT2D eigenvalue weighted by molar-refractivity contribution is 6.02. The normalized spacial score (nSPS) is 12.9. The second-order valence-corrected chi connectivity index (χ2v) is 12.2. The van der Waals surface area contributed by atoms with E-state index in [9.17, 15) is 28.8 Å². The lowest BCUT2D eigenvalue weighted by atomic mass is 10.0. The first-order valence-electron chi connectivity index (χ1n) is 19.0. The van der Waals surface area contributed by atoms with Crippen LogP contribution in [0.1, 0.15) is 83.4 Å². The molecular formula is C40H62N6O9. The van der Waals surface area contributed by atoms with Gasteiger partial charge in [-0.15, -0.1) is 0 Å². The molecule has 0 bridgehead atoms. The minimum atomic E-state index is -0.713. The van der Waals surface area contributed by atoms with E-state index in [2.05, 4.69) is 16.0 Å². The SMILES string of the molecule is CC.CNC(=O)CCC(C=O)N(C)C(=O)c1ccccc1C=O.NCCCOCCOCCOCCCNC1CCN(C(=O)c2ccc(NC=O)cc2)CC1. The predicted molar refractivity (Wildman–Crippen MR) is 212 cm³/mol. The van der Waals surface area contributed by atoms with Crippen LogP contribution < -0.4 is 21.7 Å². The number of benzene rings is 2. The van der Waals surface area contributed by atoms with Crippen LogP contribution in [0.5, 0.6) is 0 Å². The van der Waals surface area contributed by atoms with Crippen molar-refractivity contribution in [3.63, 3.8) is 0 Å². The maximum Gasteiger partial charge on any atom is 0.254 e. The Bertz CT molecular complexity index is 1390. The first kappa shape index (κ1) is 48.5. The number of amides is 4. The zero-order chi connectivity index (χ0) is 40.7. The Labute approximate surface area is 326 Å². The third kappa shape index (κ3) is 19.6. The number of aldehydes is 2. The number of piperidine rings is 1. The molecule has 55 heavy (non-hydrogen) atoms. The van der Waals surface area contributed by atoms with Gasteiger partial charge in [-0.1, -0.05) is 32.0 Å². The van der Waals surface area contributed by atoms with Crippen LogP contribution in [0.4, 0.5) is 5.69 Å². The molecule has 15 heteroatoms. The topological polar surface area (TPSA) is 199 Å². The maximum atomic E-state index is 12.6.